The van der Waals surface area contributed by atoms with E-state index in [1.807, 2.05) is 0 Å². The molecule has 3 N–H and O–H groups in total. The summed E-state index contributed by atoms with van der Waals surface area (Å²) in [6.07, 6.45) is 2.91. The summed E-state index contributed by atoms with van der Waals surface area (Å²) in [5.41, 5.74) is 6.05. The lowest BCUT2D eigenvalue weighted by molar-refractivity contribution is 0.383. The SMILES string of the molecule is NC(=S)c1cccc(S(=O)(=O)NC2CCC2)c1. The van der Waals surface area contributed by atoms with Crippen LogP contribution in [0.1, 0.15) is 24.8 Å². The molecule has 0 atom stereocenters. The summed E-state index contributed by atoms with van der Waals surface area (Å²) in [7, 11) is -3.44. The van der Waals surface area contributed by atoms with Gasteiger partial charge in [-0.05, 0) is 25.0 Å². The van der Waals surface area contributed by atoms with E-state index in [0.29, 0.717) is 5.56 Å². The minimum absolute atomic E-state index is 0.0773. The second-order valence-corrected chi connectivity index (χ2v) is 6.30. The van der Waals surface area contributed by atoms with Crippen LogP contribution in [-0.4, -0.2) is 19.4 Å². The fourth-order valence-corrected chi connectivity index (χ4v) is 3.11. The van der Waals surface area contributed by atoms with E-state index in [9.17, 15) is 8.42 Å². The number of nitrogens with one attached hydrogen (secondary N) is 1. The molecule has 0 unspecified atom stereocenters. The number of hydrogen-bond acceptors (Lipinski definition) is 3. The zero-order valence-electron chi connectivity index (χ0n) is 9.22. The predicted molar refractivity (Wildman–Crippen MR) is 70.3 cm³/mol. The van der Waals surface area contributed by atoms with Crippen molar-refractivity contribution in [2.45, 2.75) is 30.2 Å². The van der Waals surface area contributed by atoms with Gasteiger partial charge in [0.15, 0.2) is 0 Å². The second kappa shape index (κ2) is 4.72. The molecule has 4 nitrogen and oxygen atoms in total. The molecule has 0 radical (unpaired) electrons. The lowest BCUT2D eigenvalue weighted by Gasteiger charge is -2.26. The van der Waals surface area contributed by atoms with Gasteiger partial charge in [-0.15, -0.1) is 0 Å². The molecule has 0 heterocycles. The van der Waals surface area contributed by atoms with Gasteiger partial charge in [0, 0.05) is 11.6 Å². The molecule has 0 aromatic heterocycles. The third kappa shape index (κ3) is 2.83. The molecule has 1 aromatic rings. The van der Waals surface area contributed by atoms with Crippen molar-refractivity contribution < 1.29 is 8.42 Å². The van der Waals surface area contributed by atoms with Crippen molar-refractivity contribution in [3.05, 3.63) is 29.8 Å². The molecule has 6 heteroatoms. The zero-order valence-corrected chi connectivity index (χ0v) is 10.9. The molecule has 0 bridgehead atoms. The van der Waals surface area contributed by atoms with Gasteiger partial charge >= 0.3 is 0 Å². The average Bonchev–Trinajstić information content (AvgIpc) is 2.24. The van der Waals surface area contributed by atoms with Gasteiger partial charge in [-0.1, -0.05) is 30.8 Å². The van der Waals surface area contributed by atoms with E-state index in [1.165, 1.54) is 6.07 Å². The van der Waals surface area contributed by atoms with Crippen molar-refractivity contribution in [2.24, 2.45) is 5.73 Å². The fourth-order valence-electron chi connectivity index (χ4n) is 1.63. The second-order valence-electron chi connectivity index (χ2n) is 4.14. The number of rotatable bonds is 4. The topological polar surface area (TPSA) is 72.2 Å². The van der Waals surface area contributed by atoms with Crippen molar-refractivity contribution in [1.29, 1.82) is 0 Å². The van der Waals surface area contributed by atoms with Gasteiger partial charge in [0.2, 0.25) is 10.0 Å². The Morgan fingerprint density at radius 2 is 2.12 bits per heavy atom. The van der Waals surface area contributed by atoms with Crippen molar-refractivity contribution in [3.63, 3.8) is 0 Å². The first-order valence-electron chi connectivity index (χ1n) is 5.41. The van der Waals surface area contributed by atoms with E-state index in [2.05, 4.69) is 4.72 Å². The maximum absolute atomic E-state index is 12.0. The molecule has 1 aliphatic rings. The van der Waals surface area contributed by atoms with Gasteiger partial charge in [0.25, 0.3) is 0 Å². The first-order chi connectivity index (χ1) is 7.99. The van der Waals surface area contributed by atoms with Gasteiger partial charge in [0.1, 0.15) is 4.99 Å². The molecule has 1 aliphatic carbocycles. The molecule has 0 amide bonds. The van der Waals surface area contributed by atoms with Crippen LogP contribution < -0.4 is 10.5 Å². The summed E-state index contributed by atoms with van der Waals surface area (Å²) in [6.45, 7) is 0. The number of thiocarbonyl (C=S) groups is 1. The van der Waals surface area contributed by atoms with Gasteiger partial charge in [-0.3, -0.25) is 0 Å². The zero-order chi connectivity index (χ0) is 12.5. The number of benzene rings is 1. The minimum Gasteiger partial charge on any atom is -0.389 e. The lowest BCUT2D eigenvalue weighted by Crippen LogP contribution is -2.39. The summed E-state index contributed by atoms with van der Waals surface area (Å²) >= 11 is 4.83. The van der Waals surface area contributed by atoms with Crippen LogP contribution in [0.15, 0.2) is 29.2 Å². The van der Waals surface area contributed by atoms with Gasteiger partial charge in [-0.2, -0.15) is 0 Å². The fraction of sp³-hybridized carbons (Fsp3) is 0.364. The van der Waals surface area contributed by atoms with Crippen molar-refractivity contribution in [3.8, 4) is 0 Å². The molecule has 1 fully saturated rings. The summed E-state index contributed by atoms with van der Waals surface area (Å²) in [5, 5.41) is 0. The molecule has 2 rings (SSSR count). The Morgan fingerprint density at radius 3 is 2.65 bits per heavy atom. The molecule has 0 spiro atoms. The van der Waals surface area contributed by atoms with Crippen LogP contribution in [0.2, 0.25) is 0 Å². The molecular formula is C11H14N2O2S2. The van der Waals surface area contributed by atoms with E-state index >= 15 is 0 Å². The van der Waals surface area contributed by atoms with Crippen LogP contribution in [-0.2, 0) is 10.0 Å². The smallest absolute Gasteiger partial charge is 0.240 e. The third-order valence-electron chi connectivity index (χ3n) is 2.86. The molecule has 17 heavy (non-hydrogen) atoms. The highest BCUT2D eigenvalue weighted by Gasteiger charge is 2.24. The van der Waals surface area contributed by atoms with Crippen LogP contribution >= 0.6 is 12.2 Å². The van der Waals surface area contributed by atoms with E-state index in [-0.39, 0.29) is 15.9 Å². The Labute approximate surface area is 106 Å². The Hall–Kier alpha value is -0.980. The lowest BCUT2D eigenvalue weighted by atomic mass is 9.94. The molecule has 1 saturated carbocycles. The molecule has 1 aromatic carbocycles. The predicted octanol–water partition coefficient (Wildman–Crippen LogP) is 1.15. The van der Waals surface area contributed by atoms with Gasteiger partial charge < -0.3 is 5.73 Å². The highest BCUT2D eigenvalue weighted by atomic mass is 32.2. The van der Waals surface area contributed by atoms with Crippen LogP contribution in [0.25, 0.3) is 0 Å². The quantitative estimate of drug-likeness (QED) is 0.805. The Kier molecular flexibility index (Phi) is 3.46. The highest BCUT2D eigenvalue weighted by Crippen LogP contribution is 2.21. The summed E-state index contributed by atoms with van der Waals surface area (Å²) in [5.74, 6) is 0. The Bertz CT molecular complexity index is 536. The van der Waals surface area contributed by atoms with Crippen molar-refractivity contribution in [1.82, 2.24) is 4.72 Å². The molecular weight excluding hydrogens is 256 g/mol. The van der Waals surface area contributed by atoms with Gasteiger partial charge in [-0.25, -0.2) is 13.1 Å². The first-order valence-corrected chi connectivity index (χ1v) is 7.30. The highest BCUT2D eigenvalue weighted by molar-refractivity contribution is 7.89. The van der Waals surface area contributed by atoms with Crippen LogP contribution in [0.3, 0.4) is 0 Å². The molecule has 0 saturated heterocycles. The number of nitrogens with two attached hydrogens (primary N) is 1. The minimum atomic E-state index is -3.44. The summed E-state index contributed by atoms with van der Waals surface area (Å²) in [4.78, 5) is 0.417. The van der Waals surface area contributed by atoms with E-state index in [4.69, 9.17) is 18.0 Å². The van der Waals surface area contributed by atoms with E-state index in [1.54, 1.807) is 18.2 Å². The summed E-state index contributed by atoms with van der Waals surface area (Å²) < 4.78 is 26.7. The maximum Gasteiger partial charge on any atom is 0.240 e. The third-order valence-corrected chi connectivity index (χ3v) is 4.61. The van der Waals surface area contributed by atoms with Gasteiger partial charge in [0.05, 0.1) is 4.90 Å². The summed E-state index contributed by atoms with van der Waals surface area (Å²) in [6, 6.07) is 6.47. The van der Waals surface area contributed by atoms with Crippen LogP contribution in [0, 0.1) is 0 Å². The van der Waals surface area contributed by atoms with E-state index in [0.717, 1.165) is 19.3 Å². The molecule has 92 valence electrons. The largest absolute Gasteiger partial charge is 0.389 e. The first kappa shape index (κ1) is 12.5. The number of sulfonamides is 1. The van der Waals surface area contributed by atoms with Crippen molar-refractivity contribution in [2.75, 3.05) is 0 Å². The van der Waals surface area contributed by atoms with E-state index < -0.39 is 10.0 Å². The van der Waals surface area contributed by atoms with Crippen molar-refractivity contribution >= 4 is 27.2 Å². The average molecular weight is 270 g/mol. The Morgan fingerprint density at radius 1 is 1.41 bits per heavy atom. The normalized spacial score (nSPS) is 16.5. The number of hydrogen-bond donors (Lipinski definition) is 2. The monoisotopic (exact) mass is 270 g/mol. The molecule has 0 aliphatic heterocycles. The maximum atomic E-state index is 12.0. The van der Waals surface area contributed by atoms with Crippen LogP contribution in [0.4, 0.5) is 0 Å². The standard InChI is InChI=1S/C11H14N2O2S2/c12-11(16)8-3-1-6-10(7-8)17(14,15)13-9-4-2-5-9/h1,3,6-7,9,13H,2,4-5H2,(H2,12,16). The Balaban J connectivity index is 2.25. The van der Waals surface area contributed by atoms with Crippen LogP contribution in [0.5, 0.6) is 0 Å².